The Balaban J connectivity index is 0.00000256. The van der Waals surface area contributed by atoms with E-state index >= 15 is 0 Å². The number of halogens is 1. The number of rotatable bonds is 5. The summed E-state index contributed by atoms with van der Waals surface area (Å²) in [5.41, 5.74) is 5.58. The molecule has 5 rings (SSSR count). The van der Waals surface area contributed by atoms with Gasteiger partial charge in [0.1, 0.15) is 17.4 Å². The lowest BCUT2D eigenvalue weighted by Gasteiger charge is -2.55. The molecule has 164 valence electrons. The third kappa shape index (κ3) is 4.33. The van der Waals surface area contributed by atoms with Gasteiger partial charge in [0.05, 0.1) is 0 Å². The molecule has 0 spiro atoms. The number of carbonyl (C=O) groups excluding carboxylic acids is 1. The van der Waals surface area contributed by atoms with Crippen LogP contribution in [0.4, 0.5) is 4.79 Å². The number of hydrogen-bond donors (Lipinski definition) is 4. The van der Waals surface area contributed by atoms with Gasteiger partial charge in [0.15, 0.2) is 5.96 Å². The molecule has 4 fully saturated rings. The number of nitrogens with two attached hydrogens (primary N) is 1. The zero-order valence-electron chi connectivity index (χ0n) is 16.6. The average molecular weight is 438 g/mol. The molecule has 0 aromatic heterocycles. The van der Waals surface area contributed by atoms with Crippen molar-refractivity contribution in [2.75, 3.05) is 0 Å². The molecule has 0 radical (unpaired) electrons. The standard InChI is InChI=1S/C21H27N3O5.ClH/c22-19(23)24(17(18(26)27)8-12-2-1-3-16(25)7-12)20(28)29-21-9-13-4-14(10-21)6-15(5-13)11-21;/h1-3,7,13-15,17,25H,4-6,8-11H2,(H3,22,23)(H,26,27);1H/t13?,14?,15?,17-,21?;/m0./s1. The number of carboxylic acids is 1. The van der Waals surface area contributed by atoms with Crippen LogP contribution in [0.3, 0.4) is 0 Å². The van der Waals surface area contributed by atoms with E-state index < -0.39 is 29.7 Å². The van der Waals surface area contributed by atoms with E-state index in [0.29, 0.717) is 23.3 Å². The number of aliphatic carboxylic acids is 1. The number of carboxylic acid groups (broad SMARTS) is 1. The summed E-state index contributed by atoms with van der Waals surface area (Å²) in [6, 6.07) is 4.76. The first-order valence-corrected chi connectivity index (χ1v) is 10.1. The van der Waals surface area contributed by atoms with E-state index in [1.807, 2.05) is 0 Å². The van der Waals surface area contributed by atoms with Gasteiger partial charge in [-0.2, -0.15) is 0 Å². The first kappa shape index (κ1) is 22.2. The molecule has 1 amide bonds. The van der Waals surface area contributed by atoms with Crippen molar-refractivity contribution in [2.45, 2.75) is 56.6 Å². The van der Waals surface area contributed by atoms with Crippen molar-refractivity contribution in [2.24, 2.45) is 23.5 Å². The summed E-state index contributed by atoms with van der Waals surface area (Å²) in [6.07, 6.45) is 5.00. The van der Waals surface area contributed by atoms with Crippen LogP contribution in [-0.4, -0.2) is 44.8 Å². The van der Waals surface area contributed by atoms with Crippen molar-refractivity contribution >= 4 is 30.4 Å². The third-order valence-electron chi connectivity index (χ3n) is 6.68. The zero-order valence-corrected chi connectivity index (χ0v) is 17.4. The van der Waals surface area contributed by atoms with Gasteiger partial charge < -0.3 is 20.7 Å². The summed E-state index contributed by atoms with van der Waals surface area (Å²) >= 11 is 0. The normalized spacial score (nSPS) is 29.5. The fourth-order valence-corrected chi connectivity index (χ4v) is 5.98. The molecule has 9 heteroatoms. The van der Waals surface area contributed by atoms with E-state index in [9.17, 15) is 19.8 Å². The second-order valence-corrected chi connectivity index (χ2v) is 8.95. The maximum Gasteiger partial charge on any atom is 0.418 e. The van der Waals surface area contributed by atoms with Crippen LogP contribution in [0.2, 0.25) is 0 Å². The third-order valence-corrected chi connectivity index (χ3v) is 6.68. The highest BCUT2D eigenvalue weighted by Crippen LogP contribution is 2.57. The zero-order chi connectivity index (χ0) is 20.8. The van der Waals surface area contributed by atoms with Crippen LogP contribution in [-0.2, 0) is 16.0 Å². The summed E-state index contributed by atoms with van der Waals surface area (Å²) in [6.45, 7) is 0. The lowest BCUT2D eigenvalue weighted by Crippen LogP contribution is -2.58. The molecule has 30 heavy (non-hydrogen) atoms. The number of carbonyl (C=O) groups is 2. The molecular weight excluding hydrogens is 410 g/mol. The van der Waals surface area contributed by atoms with Gasteiger partial charge in [0.2, 0.25) is 0 Å². The lowest BCUT2D eigenvalue weighted by molar-refractivity contribution is -0.146. The Bertz CT molecular complexity index is 810. The monoisotopic (exact) mass is 437 g/mol. The van der Waals surface area contributed by atoms with Crippen molar-refractivity contribution in [1.82, 2.24) is 4.90 Å². The number of amides is 1. The Labute approximate surface area is 181 Å². The van der Waals surface area contributed by atoms with Gasteiger partial charge in [0.25, 0.3) is 0 Å². The van der Waals surface area contributed by atoms with Crippen molar-refractivity contribution in [3.8, 4) is 5.75 Å². The average Bonchev–Trinajstić information content (AvgIpc) is 2.59. The van der Waals surface area contributed by atoms with Gasteiger partial charge in [-0.3, -0.25) is 5.41 Å². The first-order valence-electron chi connectivity index (χ1n) is 10.1. The minimum Gasteiger partial charge on any atom is -0.508 e. The van der Waals surface area contributed by atoms with Gasteiger partial charge in [0, 0.05) is 6.42 Å². The molecule has 0 aliphatic heterocycles. The highest BCUT2D eigenvalue weighted by atomic mass is 35.5. The number of benzene rings is 1. The number of nitrogens with one attached hydrogen (secondary N) is 1. The SMILES string of the molecule is Cl.N=C(N)N(C(=O)OC12CC3CC(CC(C3)C1)C2)[C@@H](Cc1cccc(O)c1)C(=O)O. The quantitative estimate of drug-likeness (QED) is 0.412. The molecule has 4 bridgehead atoms. The lowest BCUT2D eigenvalue weighted by atomic mass is 9.54. The summed E-state index contributed by atoms with van der Waals surface area (Å²) in [4.78, 5) is 25.7. The van der Waals surface area contributed by atoms with E-state index in [-0.39, 0.29) is 24.6 Å². The van der Waals surface area contributed by atoms with Gasteiger partial charge in [-0.05, 0) is 74.0 Å². The summed E-state index contributed by atoms with van der Waals surface area (Å²) in [7, 11) is 0. The fourth-order valence-electron chi connectivity index (χ4n) is 5.98. The van der Waals surface area contributed by atoms with Gasteiger partial charge in [-0.25, -0.2) is 14.5 Å². The second kappa shape index (κ2) is 8.34. The van der Waals surface area contributed by atoms with Crippen LogP contribution in [0.1, 0.15) is 44.1 Å². The molecule has 4 saturated carbocycles. The molecule has 1 aromatic rings. The number of phenols is 1. The molecule has 1 aromatic carbocycles. The number of aromatic hydroxyl groups is 1. The van der Waals surface area contributed by atoms with Crippen LogP contribution >= 0.6 is 12.4 Å². The molecule has 8 nitrogen and oxygen atoms in total. The van der Waals surface area contributed by atoms with Crippen molar-refractivity contribution in [1.29, 1.82) is 5.41 Å². The van der Waals surface area contributed by atoms with E-state index in [1.165, 1.54) is 31.4 Å². The van der Waals surface area contributed by atoms with Crippen molar-refractivity contribution in [3.05, 3.63) is 29.8 Å². The Kier molecular flexibility index (Phi) is 6.17. The smallest absolute Gasteiger partial charge is 0.418 e. The van der Waals surface area contributed by atoms with E-state index in [4.69, 9.17) is 15.9 Å². The number of nitrogens with zero attached hydrogens (tertiary/aromatic N) is 1. The Morgan fingerprint density at radius 1 is 1.20 bits per heavy atom. The molecular formula is C21H28ClN3O5. The topological polar surface area (TPSA) is 137 Å². The number of hydrogen-bond acceptors (Lipinski definition) is 5. The second-order valence-electron chi connectivity index (χ2n) is 8.95. The summed E-state index contributed by atoms with van der Waals surface area (Å²) in [5.74, 6) is -0.275. The van der Waals surface area contributed by atoms with E-state index in [0.717, 1.165) is 24.2 Å². The maximum atomic E-state index is 13.0. The van der Waals surface area contributed by atoms with E-state index in [1.54, 1.807) is 12.1 Å². The van der Waals surface area contributed by atoms with Crippen LogP contribution in [0.15, 0.2) is 24.3 Å². The van der Waals surface area contributed by atoms with Crippen LogP contribution < -0.4 is 5.73 Å². The predicted molar refractivity (Wildman–Crippen MR) is 112 cm³/mol. The summed E-state index contributed by atoms with van der Waals surface area (Å²) < 4.78 is 5.92. The molecule has 1 atom stereocenters. The summed E-state index contributed by atoms with van der Waals surface area (Å²) in [5, 5.41) is 27.2. The van der Waals surface area contributed by atoms with Crippen LogP contribution in [0, 0.1) is 23.2 Å². The highest BCUT2D eigenvalue weighted by molar-refractivity contribution is 5.96. The van der Waals surface area contributed by atoms with Gasteiger partial charge >= 0.3 is 12.1 Å². The number of ether oxygens (including phenoxy) is 1. The number of phenolic OH excluding ortho intramolecular Hbond substituents is 1. The van der Waals surface area contributed by atoms with Gasteiger partial charge in [-0.1, -0.05) is 12.1 Å². The molecule has 0 saturated heterocycles. The highest BCUT2D eigenvalue weighted by Gasteiger charge is 2.54. The largest absolute Gasteiger partial charge is 0.508 e. The minimum atomic E-state index is -1.39. The molecule has 4 aliphatic carbocycles. The number of guanidine groups is 1. The maximum absolute atomic E-state index is 13.0. The first-order chi connectivity index (χ1) is 13.7. The fraction of sp³-hybridized carbons (Fsp3) is 0.571. The Hall–Kier alpha value is -2.48. The van der Waals surface area contributed by atoms with Crippen LogP contribution in [0.5, 0.6) is 5.75 Å². The molecule has 4 aliphatic rings. The van der Waals surface area contributed by atoms with E-state index in [2.05, 4.69) is 0 Å². The molecule has 0 heterocycles. The Morgan fingerprint density at radius 2 is 1.77 bits per heavy atom. The van der Waals surface area contributed by atoms with Crippen LogP contribution in [0.25, 0.3) is 0 Å². The molecule has 5 N–H and O–H groups in total. The van der Waals surface area contributed by atoms with Crippen molar-refractivity contribution < 1.29 is 24.5 Å². The predicted octanol–water partition coefficient (Wildman–Crippen LogP) is 3.11. The van der Waals surface area contributed by atoms with Crippen molar-refractivity contribution in [3.63, 3.8) is 0 Å². The molecule has 0 unspecified atom stereocenters. The minimum absolute atomic E-state index is 0. The Morgan fingerprint density at radius 3 is 2.23 bits per heavy atom. The van der Waals surface area contributed by atoms with Gasteiger partial charge in [-0.15, -0.1) is 12.4 Å².